The topological polar surface area (TPSA) is 65.4 Å². The van der Waals surface area contributed by atoms with E-state index in [9.17, 15) is 10.1 Å². The van der Waals surface area contributed by atoms with Crippen molar-refractivity contribution < 1.29 is 9.53 Å². The lowest BCUT2D eigenvalue weighted by Gasteiger charge is -2.14. The van der Waals surface area contributed by atoms with Crippen LogP contribution in [0.1, 0.15) is 11.1 Å². The smallest absolute Gasteiger partial charge is 0.262 e. The number of nitriles is 1. The fourth-order valence-corrected chi connectivity index (χ4v) is 3.06. The number of nitrogens with zero attached hydrogens (tertiary/aromatic N) is 2. The summed E-state index contributed by atoms with van der Waals surface area (Å²) in [7, 11) is 5.50. The maximum Gasteiger partial charge on any atom is 0.262 e. The van der Waals surface area contributed by atoms with E-state index in [2.05, 4.69) is 21.2 Å². The Bertz CT molecular complexity index is 852. The summed E-state index contributed by atoms with van der Waals surface area (Å²) in [6, 6.07) is 15.0. The van der Waals surface area contributed by atoms with Crippen LogP contribution in [0.3, 0.4) is 0 Å². The third-order valence-electron chi connectivity index (χ3n) is 3.74. The minimum atomic E-state index is -0.406. The van der Waals surface area contributed by atoms with E-state index >= 15 is 0 Å². The van der Waals surface area contributed by atoms with Gasteiger partial charge in [0.2, 0.25) is 0 Å². The van der Waals surface area contributed by atoms with E-state index in [1.54, 1.807) is 13.2 Å². The molecule has 1 N–H and O–H groups in total. The van der Waals surface area contributed by atoms with Crippen LogP contribution in [0, 0.1) is 11.3 Å². The van der Waals surface area contributed by atoms with Crippen LogP contribution < -0.4 is 15.0 Å². The zero-order valence-electron chi connectivity index (χ0n) is 14.9. The van der Waals surface area contributed by atoms with Crippen LogP contribution in [0.4, 0.5) is 5.69 Å². The molecule has 0 atom stereocenters. The van der Waals surface area contributed by atoms with Crippen molar-refractivity contribution in [3.8, 4) is 11.8 Å². The third-order valence-corrected chi connectivity index (χ3v) is 4.38. The summed E-state index contributed by atoms with van der Waals surface area (Å²) in [5.41, 5.74) is 2.78. The van der Waals surface area contributed by atoms with Gasteiger partial charge >= 0.3 is 0 Å². The van der Waals surface area contributed by atoms with Gasteiger partial charge in [0.15, 0.2) is 0 Å². The van der Waals surface area contributed by atoms with Crippen molar-refractivity contribution in [2.24, 2.45) is 0 Å². The van der Waals surface area contributed by atoms with E-state index in [4.69, 9.17) is 4.74 Å². The zero-order chi connectivity index (χ0) is 19.1. The van der Waals surface area contributed by atoms with Crippen LogP contribution in [-0.4, -0.2) is 27.1 Å². The van der Waals surface area contributed by atoms with Crippen LogP contribution in [0.2, 0.25) is 0 Å². The van der Waals surface area contributed by atoms with Gasteiger partial charge in [0.25, 0.3) is 5.91 Å². The van der Waals surface area contributed by atoms with Gasteiger partial charge in [-0.05, 0) is 57.4 Å². The van der Waals surface area contributed by atoms with E-state index in [0.29, 0.717) is 6.54 Å². The molecule has 0 saturated heterocycles. The standard InChI is InChI=1S/C20H20BrN3O2/c1-24(2)19-9-6-15(11-18(19)21)10-16(12-22)20(25)23-13-14-4-7-17(26-3)8-5-14/h4-11H,13H2,1-3H3,(H,23,25)/b16-10-. The molecule has 0 fully saturated rings. The Kier molecular flexibility index (Phi) is 6.81. The highest BCUT2D eigenvalue weighted by atomic mass is 79.9. The van der Waals surface area contributed by atoms with Gasteiger partial charge < -0.3 is 15.0 Å². The van der Waals surface area contributed by atoms with Crippen LogP contribution in [0.15, 0.2) is 52.5 Å². The first-order chi connectivity index (χ1) is 12.4. The fraction of sp³-hybridized carbons (Fsp3) is 0.200. The Balaban J connectivity index is 2.09. The monoisotopic (exact) mass is 413 g/mol. The lowest BCUT2D eigenvalue weighted by atomic mass is 10.1. The van der Waals surface area contributed by atoms with Gasteiger partial charge in [-0.3, -0.25) is 4.79 Å². The summed E-state index contributed by atoms with van der Waals surface area (Å²) < 4.78 is 6.00. The number of benzene rings is 2. The van der Waals surface area contributed by atoms with Crippen molar-refractivity contribution in [1.29, 1.82) is 5.26 Å². The Morgan fingerprint density at radius 1 is 1.27 bits per heavy atom. The Morgan fingerprint density at radius 3 is 2.50 bits per heavy atom. The lowest BCUT2D eigenvalue weighted by Crippen LogP contribution is -2.23. The normalized spacial score (nSPS) is 10.8. The van der Waals surface area contributed by atoms with Gasteiger partial charge in [0.1, 0.15) is 17.4 Å². The first kappa shape index (κ1) is 19.5. The quantitative estimate of drug-likeness (QED) is 0.578. The third kappa shape index (κ3) is 5.11. The highest BCUT2D eigenvalue weighted by Crippen LogP contribution is 2.26. The van der Waals surface area contributed by atoms with E-state index in [-0.39, 0.29) is 5.57 Å². The number of halogens is 1. The van der Waals surface area contributed by atoms with Crippen molar-refractivity contribution in [3.05, 3.63) is 63.6 Å². The number of hydrogen-bond donors (Lipinski definition) is 1. The predicted octanol–water partition coefficient (Wildman–Crippen LogP) is 3.75. The van der Waals surface area contributed by atoms with Gasteiger partial charge in [-0.1, -0.05) is 18.2 Å². The van der Waals surface area contributed by atoms with Gasteiger partial charge in [-0.15, -0.1) is 0 Å². The molecule has 2 rings (SSSR count). The molecule has 0 heterocycles. The number of anilines is 1. The number of carbonyl (C=O) groups is 1. The minimum absolute atomic E-state index is 0.0583. The second-order valence-electron chi connectivity index (χ2n) is 5.81. The molecular weight excluding hydrogens is 394 g/mol. The Morgan fingerprint density at radius 2 is 1.96 bits per heavy atom. The molecule has 0 unspecified atom stereocenters. The van der Waals surface area contributed by atoms with Crippen molar-refractivity contribution in [1.82, 2.24) is 5.32 Å². The molecule has 2 aromatic rings. The predicted molar refractivity (Wildman–Crippen MR) is 107 cm³/mol. The molecule has 0 bridgehead atoms. The highest BCUT2D eigenvalue weighted by molar-refractivity contribution is 9.10. The SMILES string of the molecule is COc1ccc(CNC(=O)/C(C#N)=C\c2ccc(N(C)C)c(Br)c2)cc1. The molecule has 0 aliphatic heterocycles. The largest absolute Gasteiger partial charge is 0.497 e. The van der Waals surface area contributed by atoms with E-state index in [1.165, 1.54) is 0 Å². The Labute approximate surface area is 162 Å². The number of ether oxygens (including phenoxy) is 1. The molecular formula is C20H20BrN3O2. The first-order valence-electron chi connectivity index (χ1n) is 7.94. The summed E-state index contributed by atoms with van der Waals surface area (Å²) in [6.07, 6.45) is 1.58. The lowest BCUT2D eigenvalue weighted by molar-refractivity contribution is -0.117. The van der Waals surface area contributed by atoms with Crippen LogP contribution >= 0.6 is 15.9 Å². The molecule has 0 aromatic heterocycles. The average molecular weight is 414 g/mol. The summed E-state index contributed by atoms with van der Waals surface area (Å²) in [5.74, 6) is 0.348. The summed E-state index contributed by atoms with van der Waals surface area (Å²) in [4.78, 5) is 14.3. The molecule has 2 aromatic carbocycles. The number of methoxy groups -OCH3 is 1. The average Bonchev–Trinajstić information content (AvgIpc) is 2.64. The fourth-order valence-electron chi connectivity index (χ4n) is 2.31. The summed E-state index contributed by atoms with van der Waals surface area (Å²) in [6.45, 7) is 0.338. The van der Waals surface area contributed by atoms with Crippen molar-refractivity contribution in [3.63, 3.8) is 0 Å². The van der Waals surface area contributed by atoms with Gasteiger partial charge in [-0.2, -0.15) is 5.26 Å². The highest BCUT2D eigenvalue weighted by Gasteiger charge is 2.10. The second-order valence-corrected chi connectivity index (χ2v) is 6.66. The maximum atomic E-state index is 12.3. The number of amides is 1. The number of nitrogens with one attached hydrogen (secondary N) is 1. The van der Waals surface area contributed by atoms with Crippen molar-refractivity contribution >= 4 is 33.6 Å². The molecule has 0 aliphatic carbocycles. The van der Waals surface area contributed by atoms with Crippen molar-refractivity contribution in [2.45, 2.75) is 6.54 Å². The van der Waals surface area contributed by atoms with E-state index in [1.807, 2.05) is 67.5 Å². The molecule has 5 nitrogen and oxygen atoms in total. The molecule has 134 valence electrons. The molecule has 1 amide bonds. The molecule has 6 heteroatoms. The number of carbonyl (C=O) groups excluding carboxylic acids is 1. The molecule has 0 spiro atoms. The van der Waals surface area contributed by atoms with Crippen LogP contribution in [-0.2, 0) is 11.3 Å². The van der Waals surface area contributed by atoms with Gasteiger partial charge in [0, 0.05) is 25.1 Å². The minimum Gasteiger partial charge on any atom is -0.497 e. The number of rotatable bonds is 6. The second kappa shape index (κ2) is 9.07. The molecule has 0 aliphatic rings. The maximum absolute atomic E-state index is 12.3. The van der Waals surface area contributed by atoms with Gasteiger partial charge in [-0.25, -0.2) is 0 Å². The summed E-state index contributed by atoms with van der Waals surface area (Å²) >= 11 is 3.51. The van der Waals surface area contributed by atoms with E-state index in [0.717, 1.165) is 27.0 Å². The van der Waals surface area contributed by atoms with Crippen LogP contribution in [0.25, 0.3) is 6.08 Å². The molecule has 0 radical (unpaired) electrons. The van der Waals surface area contributed by atoms with Crippen LogP contribution in [0.5, 0.6) is 5.75 Å². The molecule has 26 heavy (non-hydrogen) atoms. The number of hydrogen-bond acceptors (Lipinski definition) is 4. The van der Waals surface area contributed by atoms with Crippen molar-refractivity contribution in [2.75, 3.05) is 26.1 Å². The summed E-state index contributed by atoms with van der Waals surface area (Å²) in [5, 5.41) is 12.1. The zero-order valence-corrected chi connectivity index (χ0v) is 16.5. The first-order valence-corrected chi connectivity index (χ1v) is 8.73. The molecule has 0 saturated carbocycles. The van der Waals surface area contributed by atoms with Gasteiger partial charge in [0.05, 0.1) is 12.8 Å². The Hall–Kier alpha value is -2.78. The van der Waals surface area contributed by atoms with E-state index < -0.39 is 5.91 Å².